The highest BCUT2D eigenvalue weighted by Gasteiger charge is 2.45. The molecule has 23 heavy (non-hydrogen) atoms. The van der Waals surface area contributed by atoms with Gasteiger partial charge in [-0.3, -0.25) is 9.09 Å². The molecule has 1 aromatic rings. The zero-order valence-corrected chi connectivity index (χ0v) is 12.6. The largest absolute Gasteiger partial charge is 0.469 e. The van der Waals surface area contributed by atoms with Crippen LogP contribution in [0, 0.1) is 0 Å². The molecule has 2 aliphatic rings. The molecule has 3 rings (SSSR count). The molecule has 0 radical (unpaired) electrons. The Morgan fingerprint density at radius 1 is 1.48 bits per heavy atom. The van der Waals surface area contributed by atoms with E-state index in [0.29, 0.717) is 11.5 Å². The first kappa shape index (κ1) is 16.3. The number of anilines is 1. The minimum atomic E-state index is -4.71. The fourth-order valence-corrected chi connectivity index (χ4v) is 2.80. The van der Waals surface area contributed by atoms with E-state index >= 15 is 0 Å². The molecule has 0 saturated carbocycles. The summed E-state index contributed by atoms with van der Waals surface area (Å²) in [4.78, 5) is 25.4. The molecule has 1 fully saturated rings. The predicted octanol–water partition coefficient (Wildman–Crippen LogP) is -2.30. The lowest BCUT2D eigenvalue weighted by Crippen LogP contribution is -2.34. The van der Waals surface area contributed by atoms with Crippen LogP contribution in [0.1, 0.15) is 11.9 Å². The van der Waals surface area contributed by atoms with Gasteiger partial charge in [0.2, 0.25) is 0 Å². The van der Waals surface area contributed by atoms with E-state index in [4.69, 9.17) is 20.3 Å². The molecule has 0 aliphatic carbocycles. The van der Waals surface area contributed by atoms with Crippen LogP contribution in [0.2, 0.25) is 0 Å². The molecule has 0 unspecified atom stereocenters. The Balaban J connectivity index is 1.79. The fraction of sp³-hybridized carbons (Fsp3) is 0.600. The van der Waals surface area contributed by atoms with Crippen LogP contribution in [0.25, 0.3) is 0 Å². The topological polar surface area (TPSA) is 185 Å². The van der Waals surface area contributed by atoms with E-state index in [9.17, 15) is 14.8 Å². The highest BCUT2D eigenvalue weighted by atomic mass is 31.2. The molecule has 0 bridgehead atoms. The van der Waals surface area contributed by atoms with Gasteiger partial charge in [0.1, 0.15) is 42.3 Å². The van der Waals surface area contributed by atoms with E-state index in [2.05, 4.69) is 19.8 Å². The average Bonchev–Trinajstić information content (AvgIpc) is 3.01. The molecular weight excluding hydrogens is 333 g/mol. The maximum Gasteiger partial charge on any atom is 0.469 e. The summed E-state index contributed by atoms with van der Waals surface area (Å²) >= 11 is 0. The normalized spacial score (nSPS) is 30.7. The van der Waals surface area contributed by atoms with Crippen molar-refractivity contribution in [2.24, 2.45) is 10.7 Å². The summed E-state index contributed by atoms with van der Waals surface area (Å²) in [5.41, 5.74) is 6.10. The molecule has 12 nitrogen and oxygen atoms in total. The lowest BCUT2D eigenvalue weighted by molar-refractivity contribution is -0.0511. The SMILES string of the molecule is NC1=NCNc2c1ncn2[C@@H]1O[C@H](COP(=O)(O)O)[C@@H](O)[C@H]1O. The van der Waals surface area contributed by atoms with Gasteiger partial charge in [-0.05, 0) is 0 Å². The van der Waals surface area contributed by atoms with Crippen molar-refractivity contribution in [1.82, 2.24) is 9.55 Å². The van der Waals surface area contributed by atoms with Crippen LogP contribution in [0.4, 0.5) is 5.82 Å². The van der Waals surface area contributed by atoms with Crippen LogP contribution < -0.4 is 11.1 Å². The molecule has 3 heterocycles. The van der Waals surface area contributed by atoms with Gasteiger partial charge in [-0.15, -0.1) is 0 Å². The smallest absolute Gasteiger partial charge is 0.387 e. The van der Waals surface area contributed by atoms with Gasteiger partial charge in [0.15, 0.2) is 6.23 Å². The second kappa shape index (κ2) is 5.83. The van der Waals surface area contributed by atoms with Crippen LogP contribution >= 0.6 is 7.82 Å². The van der Waals surface area contributed by atoms with Gasteiger partial charge in [-0.1, -0.05) is 0 Å². The number of nitrogens with zero attached hydrogens (tertiary/aromatic N) is 3. The number of phosphoric acid groups is 1. The van der Waals surface area contributed by atoms with Gasteiger partial charge in [0.25, 0.3) is 0 Å². The summed E-state index contributed by atoms with van der Waals surface area (Å²) in [7, 11) is -4.71. The van der Waals surface area contributed by atoms with Crippen molar-refractivity contribution >= 4 is 19.5 Å². The van der Waals surface area contributed by atoms with Crippen molar-refractivity contribution in [1.29, 1.82) is 0 Å². The molecule has 1 saturated heterocycles. The van der Waals surface area contributed by atoms with Gasteiger partial charge < -0.3 is 35.8 Å². The summed E-state index contributed by atoms with van der Waals surface area (Å²) in [6.45, 7) is -0.354. The van der Waals surface area contributed by atoms with Crippen molar-refractivity contribution in [3.05, 3.63) is 12.0 Å². The van der Waals surface area contributed by atoms with E-state index in [-0.39, 0.29) is 12.5 Å². The Kier molecular flexibility index (Phi) is 4.14. The van der Waals surface area contributed by atoms with Gasteiger partial charge >= 0.3 is 7.82 Å². The van der Waals surface area contributed by atoms with Gasteiger partial charge in [0, 0.05) is 0 Å². The summed E-state index contributed by atoms with van der Waals surface area (Å²) in [6, 6.07) is 0. The first-order valence-electron chi connectivity index (χ1n) is 6.60. The number of nitrogens with two attached hydrogens (primary N) is 1. The first-order chi connectivity index (χ1) is 10.8. The molecular formula is C10H16N5O7P. The number of aliphatic imine (C=N–C) groups is 1. The lowest BCUT2D eigenvalue weighted by Gasteiger charge is -2.21. The average molecular weight is 349 g/mol. The molecule has 1 aromatic heterocycles. The number of hydrogen-bond donors (Lipinski definition) is 6. The molecule has 2 aliphatic heterocycles. The van der Waals surface area contributed by atoms with E-state index in [1.807, 2.05) is 0 Å². The van der Waals surface area contributed by atoms with Gasteiger partial charge in [0.05, 0.1) is 12.9 Å². The maximum atomic E-state index is 10.7. The van der Waals surface area contributed by atoms with E-state index in [1.165, 1.54) is 10.9 Å². The molecule has 0 spiro atoms. The Morgan fingerprint density at radius 2 is 2.22 bits per heavy atom. The number of hydrogen-bond acceptors (Lipinski definition) is 9. The van der Waals surface area contributed by atoms with Gasteiger partial charge in [-0.2, -0.15) is 0 Å². The van der Waals surface area contributed by atoms with E-state index in [1.54, 1.807) is 0 Å². The Morgan fingerprint density at radius 3 is 2.91 bits per heavy atom. The molecule has 7 N–H and O–H groups in total. The molecule has 0 amide bonds. The highest BCUT2D eigenvalue weighted by Crippen LogP contribution is 2.39. The molecule has 4 atom stereocenters. The standard InChI is InChI=1S/C10H16N5O7P/c11-8-5-9(13-2-12-8)15(3-14-5)10-7(17)6(16)4(22-10)1-21-23(18,19)20/h3-4,6-7,10,13,16-17H,1-2H2,(H2,11,12)(H2,18,19,20)/t4-,6-,7-,10-/m1/s1. The quantitative estimate of drug-likeness (QED) is 0.323. The number of aromatic nitrogens is 2. The van der Waals surface area contributed by atoms with Crippen LogP contribution in [0.5, 0.6) is 0 Å². The minimum absolute atomic E-state index is 0.223. The number of amidine groups is 1. The summed E-state index contributed by atoms with van der Waals surface area (Å²) in [6.07, 6.45) is -3.52. The van der Waals surface area contributed by atoms with Crippen molar-refractivity contribution in [3.8, 4) is 0 Å². The van der Waals surface area contributed by atoms with Crippen LogP contribution in [0.3, 0.4) is 0 Å². The highest BCUT2D eigenvalue weighted by molar-refractivity contribution is 7.46. The molecule has 128 valence electrons. The number of aliphatic hydroxyl groups excluding tert-OH is 2. The number of aliphatic hydroxyl groups is 2. The van der Waals surface area contributed by atoms with Crippen LogP contribution in [-0.2, 0) is 13.8 Å². The van der Waals surface area contributed by atoms with Crippen LogP contribution in [-0.4, -0.2) is 67.0 Å². The third-order valence-electron chi connectivity index (χ3n) is 3.55. The maximum absolute atomic E-state index is 10.7. The van der Waals surface area contributed by atoms with E-state index in [0.717, 1.165) is 0 Å². The van der Waals surface area contributed by atoms with Gasteiger partial charge in [-0.25, -0.2) is 14.5 Å². The number of nitrogens with one attached hydrogen (secondary N) is 1. The summed E-state index contributed by atoms with van der Waals surface area (Å²) in [5, 5.41) is 23.0. The monoisotopic (exact) mass is 349 g/mol. The Bertz CT molecular complexity index is 673. The number of imidazole rings is 1. The van der Waals surface area contributed by atoms with Crippen molar-refractivity contribution in [2.45, 2.75) is 24.5 Å². The summed E-state index contributed by atoms with van der Waals surface area (Å²) < 4.78 is 21.9. The second-order valence-corrected chi connectivity index (χ2v) is 6.30. The van der Waals surface area contributed by atoms with E-state index < -0.39 is 39.0 Å². The second-order valence-electron chi connectivity index (χ2n) is 5.06. The predicted molar refractivity (Wildman–Crippen MR) is 75.4 cm³/mol. The zero-order valence-electron chi connectivity index (χ0n) is 11.7. The molecule has 0 aromatic carbocycles. The number of fused-ring (bicyclic) bond motifs is 1. The minimum Gasteiger partial charge on any atom is -0.387 e. The number of phosphoric ester groups is 1. The zero-order chi connectivity index (χ0) is 16.8. The molecule has 13 heteroatoms. The Labute approximate surface area is 129 Å². The van der Waals surface area contributed by atoms with Crippen molar-refractivity contribution in [2.75, 3.05) is 18.6 Å². The van der Waals surface area contributed by atoms with Crippen molar-refractivity contribution in [3.63, 3.8) is 0 Å². The number of ether oxygens (including phenoxy) is 1. The number of rotatable bonds is 4. The Hall–Kier alpha value is -1.53. The van der Waals surface area contributed by atoms with Crippen molar-refractivity contribution < 1.29 is 33.8 Å². The fourth-order valence-electron chi connectivity index (χ4n) is 2.46. The first-order valence-corrected chi connectivity index (χ1v) is 8.13. The third-order valence-corrected chi connectivity index (χ3v) is 4.04. The van der Waals surface area contributed by atoms with Crippen LogP contribution in [0.15, 0.2) is 11.3 Å². The lowest BCUT2D eigenvalue weighted by atomic mass is 10.1. The summed E-state index contributed by atoms with van der Waals surface area (Å²) in [5.74, 6) is 0.692. The third kappa shape index (κ3) is 3.10.